The van der Waals surface area contributed by atoms with Crippen molar-refractivity contribution in [2.24, 2.45) is 35.5 Å². The first-order chi connectivity index (χ1) is 56.2. The zero-order chi connectivity index (χ0) is 80.5. The van der Waals surface area contributed by atoms with Crippen LogP contribution in [0.15, 0.2) is 98.0 Å². The Morgan fingerprint density at radius 1 is 0.491 bits per heavy atom. The lowest BCUT2D eigenvalue weighted by Gasteiger charge is -2.47. The van der Waals surface area contributed by atoms with E-state index in [0.717, 1.165) is 139 Å². The predicted molar refractivity (Wildman–Crippen MR) is 447 cm³/mol. The maximum Gasteiger partial charge on any atom is 0.215 e. The predicted octanol–water partition coefficient (Wildman–Crippen LogP) is 12.8. The average molecular weight is 1710 g/mol. The molecule has 3 aromatic carbocycles. The van der Waals surface area contributed by atoms with Crippen LogP contribution in [-0.2, 0) is 27.8 Å². The summed E-state index contributed by atoms with van der Waals surface area (Å²) >= 11 is 37.7. The topological polar surface area (TPSA) is 326 Å². The fraction of sp³-hybridized carbons (Fsp3) is 0.475. The molecule has 6 unspecified atom stereocenters. The number of morpholine rings is 1. The number of sulfonamides is 1. The third-order valence-corrected chi connectivity index (χ3v) is 27.6. The van der Waals surface area contributed by atoms with E-state index in [4.69, 9.17) is 89.3 Å². The minimum atomic E-state index is -3.26. The van der Waals surface area contributed by atoms with Crippen LogP contribution in [0, 0.1) is 69.5 Å². The highest BCUT2D eigenvalue weighted by molar-refractivity contribution is 7.89. The standard InChI is InChI=1S/C28H34Cl2N8O3S.2C26H27Cl2N9/c1-19(23-5-4-22(29)13-24(23)30)38-28-27(25(14-31)34-38)32-15-26(33-28)36-17-21(18-36)20-3-2-6-35(16-20)9-12-42(39,40)37-7-10-41-11-8-37;1-16(21-5-4-19(27)9-22(21)28)37-26-25(23(10-29)34-37)30-11-24(32-26)36-13-18(14-36)17-3-2-8-35(12-17)15-20-6-7-31-33-20;1-16(21-5-4-19(27)7-22(21)28)37-26-25(23(8-29)34-37)31-10-24(33-26)36-12-18(13-36)17-3-2-6-35(11-17)14-20-9-30-15-32-20/h4-5,13,15,19-21H,2-3,6-12,16-18H2,1H3;4-7,9,11,16-18H,2-3,8,12-15H2,1H3,(H,31,33);4-5,7,9-10,15-18H,2-3,6,11-14H2,1H3,(H,30,32). The van der Waals surface area contributed by atoms with Crippen molar-refractivity contribution < 1.29 is 13.2 Å². The Kier molecular flexibility index (Phi) is 24.6. The van der Waals surface area contributed by atoms with Crippen LogP contribution < -0.4 is 14.7 Å². The number of halogens is 6. The number of imidazole rings is 1. The number of anilines is 3. The largest absolute Gasteiger partial charge is 0.379 e. The Balaban J connectivity index is 0.000000131. The third-order valence-electron chi connectivity index (χ3n) is 24.1. The van der Waals surface area contributed by atoms with Gasteiger partial charge in [0.1, 0.15) is 52.2 Å². The molecule has 0 amide bonds. The van der Waals surface area contributed by atoms with Gasteiger partial charge in [-0.25, -0.2) is 57.4 Å². The molecular formula is C80H88Cl6N26O3S. The molecule has 6 atom stereocenters. The Morgan fingerprint density at radius 3 is 1.24 bits per heavy atom. The number of H-pyrrole nitrogens is 2. The summed E-state index contributed by atoms with van der Waals surface area (Å²) in [5, 5.41) is 53.0. The number of nitrogens with zero attached hydrogens (tertiary/aromatic N) is 24. The van der Waals surface area contributed by atoms with E-state index in [0.29, 0.717) is 132 Å². The molecular weight excluding hydrogens is 1620 g/mol. The highest BCUT2D eigenvalue weighted by Gasteiger charge is 2.41. The fourth-order valence-electron chi connectivity index (χ4n) is 17.4. The summed E-state index contributed by atoms with van der Waals surface area (Å²) in [6.45, 7) is 22.1. The molecule has 29 nitrogen and oxygen atoms in total. The molecule has 0 aliphatic carbocycles. The molecule has 604 valence electrons. The molecule has 7 aliphatic rings. The van der Waals surface area contributed by atoms with Gasteiger partial charge in [-0.3, -0.25) is 14.9 Å². The highest BCUT2D eigenvalue weighted by atomic mass is 35.5. The van der Waals surface area contributed by atoms with Crippen LogP contribution in [0.5, 0.6) is 0 Å². The summed E-state index contributed by atoms with van der Waals surface area (Å²) in [6, 6.07) is 23.8. The zero-order valence-corrected chi connectivity index (χ0v) is 69.8. The Bertz CT molecular complexity index is 5370. The van der Waals surface area contributed by atoms with Crippen molar-refractivity contribution in [2.45, 2.75) is 90.5 Å². The van der Waals surface area contributed by atoms with E-state index in [1.807, 2.05) is 57.4 Å². The van der Waals surface area contributed by atoms with Crippen molar-refractivity contribution in [2.75, 3.05) is 132 Å². The van der Waals surface area contributed by atoms with Gasteiger partial charge in [0.05, 0.1) is 62.0 Å². The normalized spacial score (nSPS) is 20.4. The Morgan fingerprint density at radius 2 is 0.879 bits per heavy atom. The molecule has 0 saturated carbocycles. The smallest absolute Gasteiger partial charge is 0.215 e. The molecule has 0 bridgehead atoms. The molecule has 15 heterocycles. The number of hydrogen-bond acceptors (Lipinski definition) is 23. The molecule has 2 N–H and O–H groups in total. The number of hydrogen-bond donors (Lipinski definition) is 2. The molecule has 116 heavy (non-hydrogen) atoms. The van der Waals surface area contributed by atoms with Gasteiger partial charge in [-0.2, -0.15) is 40.5 Å². The minimum Gasteiger partial charge on any atom is -0.379 e. The van der Waals surface area contributed by atoms with Gasteiger partial charge in [0, 0.05) is 146 Å². The van der Waals surface area contributed by atoms with Crippen LogP contribution in [-0.4, -0.2) is 224 Å². The van der Waals surface area contributed by atoms with E-state index >= 15 is 0 Å². The van der Waals surface area contributed by atoms with Gasteiger partial charge in [0.2, 0.25) is 10.0 Å². The van der Waals surface area contributed by atoms with Crippen LogP contribution in [0.1, 0.15) is 123 Å². The fourth-order valence-corrected chi connectivity index (χ4v) is 20.6. The van der Waals surface area contributed by atoms with E-state index in [1.165, 1.54) is 37.1 Å². The second-order valence-corrected chi connectivity index (χ2v) is 36.0. The van der Waals surface area contributed by atoms with Gasteiger partial charge in [0.15, 0.2) is 34.0 Å². The van der Waals surface area contributed by atoms with Gasteiger partial charge in [-0.15, -0.1) is 0 Å². The number of ether oxygens (including phenoxy) is 1. The molecule has 7 fully saturated rings. The van der Waals surface area contributed by atoms with E-state index in [2.05, 4.69) is 98.0 Å². The van der Waals surface area contributed by atoms with Gasteiger partial charge >= 0.3 is 0 Å². The first-order valence-electron chi connectivity index (χ1n) is 39.5. The second-order valence-electron chi connectivity index (χ2n) is 31.4. The van der Waals surface area contributed by atoms with Gasteiger partial charge in [-0.05, 0) is 174 Å². The number of nitriles is 3. The maximum atomic E-state index is 12.8. The Labute approximate surface area is 702 Å². The first kappa shape index (κ1) is 80.9. The molecule has 11 aromatic rings. The van der Waals surface area contributed by atoms with E-state index in [-0.39, 0.29) is 41.0 Å². The third kappa shape index (κ3) is 17.5. The number of aromatic nitrogens is 16. The lowest BCUT2D eigenvalue weighted by molar-refractivity contribution is 0.0726. The molecule has 36 heteroatoms. The van der Waals surface area contributed by atoms with Gasteiger partial charge < -0.3 is 29.3 Å². The summed E-state index contributed by atoms with van der Waals surface area (Å²) in [5.74, 6) is 6.17. The summed E-state index contributed by atoms with van der Waals surface area (Å²) in [7, 11) is -3.26. The molecule has 7 saturated heterocycles. The number of fused-ring (bicyclic) bond motifs is 3. The summed E-state index contributed by atoms with van der Waals surface area (Å²) in [6.07, 6.45) is 17.9. The summed E-state index contributed by atoms with van der Waals surface area (Å²) in [4.78, 5) is 50.0. The first-order valence-corrected chi connectivity index (χ1v) is 43.3. The van der Waals surface area contributed by atoms with Gasteiger partial charge in [0.25, 0.3) is 0 Å². The van der Waals surface area contributed by atoms with Crippen LogP contribution in [0.25, 0.3) is 33.5 Å². The number of likely N-dealkylation sites (tertiary alicyclic amines) is 3. The summed E-state index contributed by atoms with van der Waals surface area (Å²) in [5.41, 5.74) is 8.78. The van der Waals surface area contributed by atoms with E-state index < -0.39 is 10.0 Å². The summed E-state index contributed by atoms with van der Waals surface area (Å²) < 4.78 is 37.6. The van der Waals surface area contributed by atoms with Crippen LogP contribution in [0.3, 0.4) is 0 Å². The number of rotatable bonds is 20. The molecule has 18 rings (SSSR count). The van der Waals surface area contributed by atoms with Crippen LogP contribution in [0.4, 0.5) is 17.5 Å². The Hall–Kier alpha value is -8.91. The lowest BCUT2D eigenvalue weighted by Crippen LogP contribution is -2.54. The van der Waals surface area contributed by atoms with Crippen molar-refractivity contribution in [3.63, 3.8) is 0 Å². The second kappa shape index (κ2) is 35.3. The minimum absolute atomic E-state index is 0.157. The SMILES string of the molecule is CC(c1ccc(Cl)cc1Cl)n1nc(C#N)c2ncc(N3CC(C4CCCN(CCS(=O)(=O)N5CCOCC5)C4)C3)nc21.CC(c1ccc(Cl)cc1Cl)n1nc(C#N)c2ncc(N3CC(C4CCCN(Cc5ccn[nH]5)C4)C3)nc21.CC(c1ccc(Cl)cc1Cl)n1nc(C#N)c2ncc(N3CC(C4CCCN(Cc5cnc[nH]5)C4)C3)nc21. The number of aromatic amines is 2. The molecule has 0 radical (unpaired) electrons. The van der Waals surface area contributed by atoms with Crippen molar-refractivity contribution in [3.05, 3.63) is 173 Å². The number of piperidine rings is 3. The molecule has 0 spiro atoms. The number of benzene rings is 3. The van der Waals surface area contributed by atoms with Gasteiger partial charge in [-0.1, -0.05) is 87.8 Å². The van der Waals surface area contributed by atoms with Crippen LogP contribution >= 0.6 is 69.6 Å². The van der Waals surface area contributed by atoms with Crippen LogP contribution in [0.2, 0.25) is 30.1 Å². The van der Waals surface area contributed by atoms with Crippen molar-refractivity contribution >= 4 is 131 Å². The molecule has 7 aliphatic heterocycles. The monoisotopic (exact) mass is 1700 g/mol. The number of nitrogens with one attached hydrogen (secondary N) is 2. The average Bonchev–Trinajstić information content (AvgIpc) is 1.59. The highest BCUT2D eigenvalue weighted by Crippen LogP contribution is 2.41. The lowest BCUT2D eigenvalue weighted by atomic mass is 9.80. The van der Waals surface area contributed by atoms with Crippen molar-refractivity contribution in [3.8, 4) is 18.2 Å². The zero-order valence-electron chi connectivity index (χ0n) is 64.5. The van der Waals surface area contributed by atoms with E-state index in [1.54, 1.807) is 79.7 Å². The quantitative estimate of drug-likeness (QED) is 0.0716. The maximum absolute atomic E-state index is 12.8. The van der Waals surface area contributed by atoms with Crippen molar-refractivity contribution in [1.82, 2.24) is 98.4 Å². The van der Waals surface area contributed by atoms with E-state index in [9.17, 15) is 24.2 Å². The van der Waals surface area contributed by atoms with Crippen molar-refractivity contribution in [1.29, 1.82) is 15.8 Å². The molecule has 8 aromatic heterocycles.